The average molecular weight is 454 g/mol. The first-order valence-electron chi connectivity index (χ1n) is 9.93. The average Bonchev–Trinajstić information content (AvgIpc) is 3.14. The molecule has 0 saturated carbocycles. The molecule has 0 atom stereocenters. The zero-order valence-electron chi connectivity index (χ0n) is 15.8. The molecular formula is C23H24BrN3S. The number of anilines is 1. The van der Waals surface area contributed by atoms with Crippen LogP contribution in [0.1, 0.15) is 11.1 Å². The number of fused-ring (bicyclic) bond motifs is 2. The van der Waals surface area contributed by atoms with Crippen molar-refractivity contribution in [3.05, 3.63) is 64.3 Å². The van der Waals surface area contributed by atoms with Crippen LogP contribution in [0.4, 0.5) is 5.69 Å². The number of rotatable bonds is 4. The van der Waals surface area contributed by atoms with Gasteiger partial charge in [-0.1, -0.05) is 40.2 Å². The van der Waals surface area contributed by atoms with Gasteiger partial charge in [-0.25, -0.2) is 0 Å². The zero-order valence-corrected chi connectivity index (χ0v) is 18.2. The van der Waals surface area contributed by atoms with E-state index in [0.29, 0.717) is 0 Å². The Morgan fingerprint density at radius 2 is 1.96 bits per heavy atom. The van der Waals surface area contributed by atoms with Gasteiger partial charge in [0.25, 0.3) is 0 Å². The van der Waals surface area contributed by atoms with Gasteiger partial charge in [0.15, 0.2) is 0 Å². The molecule has 0 aliphatic carbocycles. The molecule has 3 nitrogen and oxygen atoms in total. The van der Waals surface area contributed by atoms with E-state index in [2.05, 4.69) is 85.5 Å². The van der Waals surface area contributed by atoms with E-state index in [0.717, 1.165) is 49.4 Å². The van der Waals surface area contributed by atoms with E-state index in [1.54, 1.807) is 0 Å². The number of H-pyrrole nitrogens is 1. The second-order valence-electron chi connectivity index (χ2n) is 7.49. The predicted octanol–water partition coefficient (Wildman–Crippen LogP) is 5.41. The van der Waals surface area contributed by atoms with Crippen LogP contribution in [0.3, 0.4) is 0 Å². The highest BCUT2D eigenvalue weighted by Crippen LogP contribution is 2.37. The fourth-order valence-electron chi connectivity index (χ4n) is 4.23. The normalized spacial score (nSPS) is 17.2. The Morgan fingerprint density at radius 3 is 2.86 bits per heavy atom. The summed E-state index contributed by atoms with van der Waals surface area (Å²) in [7, 11) is 0. The van der Waals surface area contributed by atoms with Crippen LogP contribution in [0.2, 0.25) is 0 Å². The molecule has 0 bridgehead atoms. The molecule has 1 N–H and O–H groups in total. The van der Waals surface area contributed by atoms with E-state index in [-0.39, 0.29) is 0 Å². The summed E-state index contributed by atoms with van der Waals surface area (Å²) in [6.45, 7) is 5.62. The van der Waals surface area contributed by atoms with Crippen LogP contribution >= 0.6 is 27.7 Å². The smallest absolute Gasteiger partial charge is 0.0511 e. The molecular weight excluding hydrogens is 430 g/mol. The van der Waals surface area contributed by atoms with Crippen LogP contribution in [0.15, 0.2) is 58.0 Å². The molecule has 0 spiro atoms. The molecule has 2 aromatic carbocycles. The summed E-state index contributed by atoms with van der Waals surface area (Å²) in [6, 6.07) is 13.2. The van der Waals surface area contributed by atoms with Crippen molar-refractivity contribution in [3.63, 3.8) is 0 Å². The Morgan fingerprint density at radius 1 is 1.07 bits per heavy atom. The molecule has 0 unspecified atom stereocenters. The van der Waals surface area contributed by atoms with Gasteiger partial charge in [-0.15, -0.1) is 11.8 Å². The largest absolute Gasteiger partial charge is 0.368 e. The third-order valence-corrected chi connectivity index (χ3v) is 7.37. The molecule has 0 radical (unpaired) electrons. The number of hydrogen-bond donors (Lipinski definition) is 1. The molecule has 3 aromatic rings. The standard InChI is InChI=1S/C23H24BrN3S/c24-19-6-7-21-20(15-19)18(16-25-21)8-9-26-10-12-27(13-11-26)22-5-1-3-17-4-2-14-28-23(17)22/h1-7,15-16,25H,8-14H2. The predicted molar refractivity (Wildman–Crippen MR) is 125 cm³/mol. The number of hydrogen-bond acceptors (Lipinski definition) is 3. The second kappa shape index (κ2) is 7.97. The minimum atomic E-state index is 1.09. The number of piperazine rings is 1. The fourth-order valence-corrected chi connectivity index (χ4v) is 5.60. The molecule has 3 heterocycles. The number of nitrogens with one attached hydrogen (secondary N) is 1. The van der Waals surface area contributed by atoms with Crippen molar-refractivity contribution >= 4 is 50.4 Å². The first-order chi connectivity index (χ1) is 13.8. The van der Waals surface area contributed by atoms with Crippen molar-refractivity contribution < 1.29 is 0 Å². The minimum Gasteiger partial charge on any atom is -0.368 e. The van der Waals surface area contributed by atoms with Gasteiger partial charge in [-0.3, -0.25) is 4.90 Å². The summed E-state index contributed by atoms with van der Waals surface area (Å²) in [5.41, 5.74) is 5.44. The lowest BCUT2D eigenvalue weighted by Crippen LogP contribution is -2.47. The number of aromatic nitrogens is 1. The van der Waals surface area contributed by atoms with Gasteiger partial charge in [-0.05, 0) is 41.8 Å². The van der Waals surface area contributed by atoms with Gasteiger partial charge >= 0.3 is 0 Å². The Kier molecular flexibility index (Phi) is 5.22. The Hall–Kier alpha value is -1.69. The highest BCUT2D eigenvalue weighted by molar-refractivity contribution is 9.10. The highest BCUT2D eigenvalue weighted by Gasteiger charge is 2.21. The maximum atomic E-state index is 3.60. The van der Waals surface area contributed by atoms with Crippen LogP contribution < -0.4 is 4.90 Å². The number of nitrogens with zero attached hydrogens (tertiary/aromatic N) is 2. The van der Waals surface area contributed by atoms with Crippen LogP contribution in [-0.2, 0) is 6.42 Å². The first kappa shape index (κ1) is 18.3. The van der Waals surface area contributed by atoms with Gasteiger partial charge in [0.1, 0.15) is 0 Å². The van der Waals surface area contributed by atoms with Crippen molar-refractivity contribution in [1.82, 2.24) is 9.88 Å². The van der Waals surface area contributed by atoms with Crippen molar-refractivity contribution in [2.75, 3.05) is 43.4 Å². The van der Waals surface area contributed by atoms with Gasteiger partial charge < -0.3 is 9.88 Å². The van der Waals surface area contributed by atoms with Crippen molar-refractivity contribution in [2.24, 2.45) is 0 Å². The highest BCUT2D eigenvalue weighted by atomic mass is 79.9. The topological polar surface area (TPSA) is 22.3 Å². The van der Waals surface area contributed by atoms with Crippen LogP contribution in [-0.4, -0.2) is 48.4 Å². The number of halogens is 1. The van der Waals surface area contributed by atoms with Crippen molar-refractivity contribution in [3.8, 4) is 0 Å². The Balaban J connectivity index is 1.22. The van der Waals surface area contributed by atoms with E-state index >= 15 is 0 Å². The van der Waals surface area contributed by atoms with Gasteiger partial charge in [0.05, 0.1) is 5.69 Å². The van der Waals surface area contributed by atoms with Gasteiger partial charge in [0.2, 0.25) is 0 Å². The number of thioether (sulfide) groups is 1. The first-order valence-corrected chi connectivity index (χ1v) is 11.7. The molecule has 28 heavy (non-hydrogen) atoms. The maximum Gasteiger partial charge on any atom is 0.0511 e. The summed E-state index contributed by atoms with van der Waals surface area (Å²) in [5.74, 6) is 1.09. The SMILES string of the molecule is Brc1ccc2[nH]cc(CCN3CCN(c4cccc5c4SCC=C5)CC3)c2c1. The molecule has 5 rings (SSSR count). The van der Waals surface area contributed by atoms with Crippen molar-refractivity contribution in [1.29, 1.82) is 0 Å². The summed E-state index contributed by atoms with van der Waals surface area (Å²) in [4.78, 5) is 10.0. The maximum absolute atomic E-state index is 3.60. The minimum absolute atomic E-state index is 1.09. The van der Waals surface area contributed by atoms with E-state index < -0.39 is 0 Å². The van der Waals surface area contributed by atoms with Gasteiger partial charge in [0, 0.05) is 64.9 Å². The number of benzene rings is 2. The lowest BCUT2D eigenvalue weighted by Gasteiger charge is -2.37. The third kappa shape index (κ3) is 3.63. The molecule has 1 aromatic heterocycles. The number of aromatic amines is 1. The Bertz CT molecular complexity index is 1020. The monoisotopic (exact) mass is 453 g/mol. The molecule has 1 fully saturated rings. The van der Waals surface area contributed by atoms with E-state index in [9.17, 15) is 0 Å². The second-order valence-corrected chi connectivity index (χ2v) is 9.44. The molecule has 0 amide bonds. The van der Waals surface area contributed by atoms with E-state index in [4.69, 9.17) is 0 Å². The van der Waals surface area contributed by atoms with E-state index in [1.807, 2.05) is 11.8 Å². The zero-order chi connectivity index (χ0) is 18.9. The van der Waals surface area contributed by atoms with Crippen LogP contribution in [0, 0.1) is 0 Å². The quantitative estimate of drug-likeness (QED) is 0.570. The lowest BCUT2D eigenvalue weighted by atomic mass is 10.1. The molecule has 144 valence electrons. The van der Waals surface area contributed by atoms with Crippen LogP contribution in [0.25, 0.3) is 17.0 Å². The summed E-state index contributed by atoms with van der Waals surface area (Å²) in [6.07, 6.45) is 7.80. The molecule has 1 saturated heterocycles. The summed E-state index contributed by atoms with van der Waals surface area (Å²) in [5, 5.41) is 1.34. The Labute approximate surface area is 178 Å². The van der Waals surface area contributed by atoms with Crippen LogP contribution in [0.5, 0.6) is 0 Å². The molecule has 5 heteroatoms. The van der Waals surface area contributed by atoms with Crippen molar-refractivity contribution in [2.45, 2.75) is 11.3 Å². The summed E-state index contributed by atoms with van der Waals surface area (Å²) >= 11 is 5.57. The lowest BCUT2D eigenvalue weighted by molar-refractivity contribution is 0.261. The summed E-state index contributed by atoms with van der Waals surface area (Å²) < 4.78 is 1.15. The van der Waals surface area contributed by atoms with E-state index in [1.165, 1.54) is 32.6 Å². The molecule has 2 aliphatic rings. The van der Waals surface area contributed by atoms with Gasteiger partial charge in [-0.2, -0.15) is 0 Å². The molecule has 2 aliphatic heterocycles. The fraction of sp³-hybridized carbons (Fsp3) is 0.304. The third-order valence-electron chi connectivity index (χ3n) is 5.79.